The first kappa shape index (κ1) is 14.8. The molecular weight excluding hydrogens is 240 g/mol. The fraction of sp³-hybridized carbons (Fsp3) is 0.400. The number of benzene rings is 2. The predicted octanol–water partition coefficient (Wildman–Crippen LogP) is 5.55. The molecule has 1 aliphatic rings. The molecule has 106 valence electrons. The minimum absolute atomic E-state index is 0.693. The Labute approximate surface area is 123 Å². The maximum absolute atomic E-state index is 2.31. The Hall–Kier alpha value is -1.56. The normalized spacial score (nSPS) is 13.6. The van der Waals surface area contributed by atoms with Crippen LogP contribution in [0.3, 0.4) is 0 Å². The standard InChI is InChI=1S/C17H18.C3H8/c1-2-13-7-9-14(10-8-13)17-11-15-5-3-4-6-16(15)12-17;1-3-2/h3-10,17H,2,11-12H2,1H3;3H2,1-2H3. The molecule has 0 amide bonds. The Balaban J connectivity index is 0.000000452. The molecule has 0 saturated heterocycles. The largest absolute Gasteiger partial charge is 0.0656 e. The quantitative estimate of drug-likeness (QED) is 0.668. The lowest BCUT2D eigenvalue weighted by molar-refractivity contribution is 0.741. The highest BCUT2D eigenvalue weighted by atomic mass is 14.3. The summed E-state index contributed by atoms with van der Waals surface area (Å²) < 4.78 is 0. The molecule has 20 heavy (non-hydrogen) atoms. The van der Waals surface area contributed by atoms with Crippen molar-refractivity contribution < 1.29 is 0 Å². The average Bonchev–Trinajstić information content (AvgIpc) is 2.92. The van der Waals surface area contributed by atoms with Gasteiger partial charge in [-0.15, -0.1) is 0 Å². The molecule has 0 nitrogen and oxygen atoms in total. The van der Waals surface area contributed by atoms with Gasteiger partial charge in [0.05, 0.1) is 0 Å². The molecule has 0 radical (unpaired) electrons. The van der Waals surface area contributed by atoms with E-state index in [2.05, 4.69) is 69.3 Å². The van der Waals surface area contributed by atoms with Gasteiger partial charge in [0.25, 0.3) is 0 Å². The SMILES string of the molecule is CCC.CCc1ccc(C2Cc3ccccc3C2)cc1. The van der Waals surface area contributed by atoms with Crippen molar-refractivity contribution in [1.82, 2.24) is 0 Å². The van der Waals surface area contributed by atoms with Crippen molar-refractivity contribution in [2.45, 2.75) is 52.4 Å². The lowest BCUT2D eigenvalue weighted by Crippen LogP contribution is -1.97. The van der Waals surface area contributed by atoms with E-state index in [4.69, 9.17) is 0 Å². The molecule has 0 heteroatoms. The molecule has 0 spiro atoms. The molecule has 0 heterocycles. The molecule has 2 aromatic carbocycles. The second kappa shape index (κ2) is 7.28. The number of aryl methyl sites for hydroxylation is 1. The second-order valence-corrected chi connectivity index (χ2v) is 5.68. The Kier molecular flexibility index (Phi) is 5.40. The van der Waals surface area contributed by atoms with Gasteiger partial charge in [0.15, 0.2) is 0 Å². The monoisotopic (exact) mass is 266 g/mol. The number of rotatable bonds is 2. The van der Waals surface area contributed by atoms with E-state index in [1.54, 1.807) is 0 Å². The molecule has 0 aromatic heterocycles. The molecule has 0 atom stereocenters. The van der Waals surface area contributed by atoms with Crippen molar-refractivity contribution in [3.8, 4) is 0 Å². The summed E-state index contributed by atoms with van der Waals surface area (Å²) >= 11 is 0. The number of hydrogen-bond donors (Lipinski definition) is 0. The zero-order valence-corrected chi connectivity index (χ0v) is 13.0. The van der Waals surface area contributed by atoms with Crippen molar-refractivity contribution in [3.63, 3.8) is 0 Å². The summed E-state index contributed by atoms with van der Waals surface area (Å²) in [5.41, 5.74) is 6.01. The molecule has 0 unspecified atom stereocenters. The highest BCUT2D eigenvalue weighted by Crippen LogP contribution is 2.33. The fourth-order valence-electron chi connectivity index (χ4n) is 2.82. The molecular formula is C20H26. The fourth-order valence-corrected chi connectivity index (χ4v) is 2.82. The van der Waals surface area contributed by atoms with Gasteiger partial charge < -0.3 is 0 Å². The van der Waals surface area contributed by atoms with Crippen LogP contribution in [0.5, 0.6) is 0 Å². The van der Waals surface area contributed by atoms with E-state index in [-0.39, 0.29) is 0 Å². The molecule has 0 N–H and O–H groups in total. The smallest absolute Gasteiger partial charge is 0.00808 e. The molecule has 2 aromatic rings. The zero-order valence-electron chi connectivity index (χ0n) is 13.0. The topological polar surface area (TPSA) is 0 Å². The zero-order chi connectivity index (χ0) is 14.4. The maximum Gasteiger partial charge on any atom is -0.00808 e. The lowest BCUT2D eigenvalue weighted by Gasteiger charge is -2.09. The van der Waals surface area contributed by atoms with Gasteiger partial charge in [-0.2, -0.15) is 0 Å². The van der Waals surface area contributed by atoms with Gasteiger partial charge in [-0.1, -0.05) is 75.7 Å². The maximum atomic E-state index is 2.31. The summed E-state index contributed by atoms with van der Waals surface area (Å²) in [6, 6.07) is 18.0. The second-order valence-electron chi connectivity index (χ2n) is 5.68. The van der Waals surface area contributed by atoms with Crippen LogP contribution in [0.15, 0.2) is 48.5 Å². The van der Waals surface area contributed by atoms with Crippen LogP contribution >= 0.6 is 0 Å². The minimum atomic E-state index is 0.693. The third-order valence-electron chi connectivity index (χ3n) is 3.91. The van der Waals surface area contributed by atoms with E-state index in [0.29, 0.717) is 5.92 Å². The van der Waals surface area contributed by atoms with Crippen LogP contribution in [-0.4, -0.2) is 0 Å². The highest BCUT2D eigenvalue weighted by Gasteiger charge is 2.21. The Bertz CT molecular complexity index is 497. The molecule has 3 rings (SSSR count). The van der Waals surface area contributed by atoms with Crippen molar-refractivity contribution in [2.75, 3.05) is 0 Å². The first-order valence-corrected chi connectivity index (χ1v) is 7.94. The van der Waals surface area contributed by atoms with Gasteiger partial charge in [0.2, 0.25) is 0 Å². The van der Waals surface area contributed by atoms with Crippen LogP contribution in [0.4, 0.5) is 0 Å². The number of hydrogen-bond acceptors (Lipinski definition) is 0. The summed E-state index contributed by atoms with van der Waals surface area (Å²) in [6.07, 6.45) is 4.80. The Morgan fingerprint density at radius 1 is 0.800 bits per heavy atom. The lowest BCUT2D eigenvalue weighted by atomic mass is 9.95. The van der Waals surface area contributed by atoms with E-state index in [9.17, 15) is 0 Å². The molecule has 0 fully saturated rings. The van der Waals surface area contributed by atoms with Crippen molar-refractivity contribution in [2.24, 2.45) is 0 Å². The van der Waals surface area contributed by atoms with Gasteiger partial charge in [0, 0.05) is 0 Å². The minimum Gasteiger partial charge on any atom is -0.0656 e. The van der Waals surface area contributed by atoms with E-state index in [0.717, 1.165) is 6.42 Å². The average molecular weight is 266 g/mol. The summed E-state index contributed by atoms with van der Waals surface area (Å²) in [6.45, 7) is 6.46. The third-order valence-corrected chi connectivity index (χ3v) is 3.91. The van der Waals surface area contributed by atoms with Gasteiger partial charge >= 0.3 is 0 Å². The third kappa shape index (κ3) is 3.50. The van der Waals surface area contributed by atoms with Gasteiger partial charge in [-0.3, -0.25) is 0 Å². The van der Waals surface area contributed by atoms with Crippen LogP contribution in [0.2, 0.25) is 0 Å². The van der Waals surface area contributed by atoms with Crippen LogP contribution in [0, 0.1) is 0 Å². The van der Waals surface area contributed by atoms with E-state index >= 15 is 0 Å². The molecule has 0 bridgehead atoms. The first-order valence-electron chi connectivity index (χ1n) is 7.94. The summed E-state index contributed by atoms with van der Waals surface area (Å²) in [5, 5.41) is 0. The molecule has 0 saturated carbocycles. The van der Waals surface area contributed by atoms with Crippen molar-refractivity contribution in [1.29, 1.82) is 0 Å². The van der Waals surface area contributed by atoms with Gasteiger partial charge in [0.1, 0.15) is 0 Å². The molecule has 0 aliphatic heterocycles. The van der Waals surface area contributed by atoms with E-state index in [1.165, 1.54) is 41.5 Å². The van der Waals surface area contributed by atoms with Crippen LogP contribution in [-0.2, 0) is 19.3 Å². The van der Waals surface area contributed by atoms with E-state index in [1.807, 2.05) is 0 Å². The Morgan fingerprint density at radius 2 is 1.30 bits per heavy atom. The summed E-state index contributed by atoms with van der Waals surface area (Å²) in [4.78, 5) is 0. The predicted molar refractivity (Wildman–Crippen MR) is 88.4 cm³/mol. The van der Waals surface area contributed by atoms with Gasteiger partial charge in [-0.25, -0.2) is 0 Å². The van der Waals surface area contributed by atoms with Crippen molar-refractivity contribution >= 4 is 0 Å². The number of fused-ring (bicyclic) bond motifs is 1. The van der Waals surface area contributed by atoms with Crippen LogP contribution in [0.25, 0.3) is 0 Å². The van der Waals surface area contributed by atoms with E-state index < -0.39 is 0 Å². The summed E-state index contributed by atoms with van der Waals surface area (Å²) in [7, 11) is 0. The molecule has 1 aliphatic carbocycles. The van der Waals surface area contributed by atoms with Gasteiger partial charge in [-0.05, 0) is 47.4 Å². The van der Waals surface area contributed by atoms with Crippen LogP contribution in [0.1, 0.15) is 55.4 Å². The van der Waals surface area contributed by atoms with Crippen molar-refractivity contribution in [3.05, 3.63) is 70.8 Å². The Morgan fingerprint density at radius 3 is 1.75 bits per heavy atom. The first-order chi connectivity index (χ1) is 9.78. The summed E-state index contributed by atoms with van der Waals surface area (Å²) in [5.74, 6) is 0.693. The van der Waals surface area contributed by atoms with Crippen LogP contribution < -0.4 is 0 Å². The highest BCUT2D eigenvalue weighted by molar-refractivity contribution is 5.38.